The van der Waals surface area contributed by atoms with Gasteiger partial charge in [0.25, 0.3) is 5.91 Å². The highest BCUT2D eigenvalue weighted by Crippen LogP contribution is 2.20. The first-order chi connectivity index (χ1) is 8.58. The van der Waals surface area contributed by atoms with Gasteiger partial charge in [0.05, 0.1) is 11.6 Å². The van der Waals surface area contributed by atoms with E-state index < -0.39 is 11.7 Å². The Kier molecular flexibility index (Phi) is 4.04. The summed E-state index contributed by atoms with van der Waals surface area (Å²) in [6.07, 6.45) is 0. The quantitative estimate of drug-likeness (QED) is 0.826. The van der Waals surface area contributed by atoms with E-state index in [1.54, 1.807) is 11.3 Å². The van der Waals surface area contributed by atoms with Gasteiger partial charge in [-0.3, -0.25) is 4.79 Å². The van der Waals surface area contributed by atoms with E-state index in [-0.39, 0.29) is 11.6 Å². The van der Waals surface area contributed by atoms with E-state index >= 15 is 0 Å². The van der Waals surface area contributed by atoms with Crippen molar-refractivity contribution in [2.24, 2.45) is 0 Å². The molecular weight excluding hydrogens is 269 g/mol. The first kappa shape index (κ1) is 13.1. The van der Waals surface area contributed by atoms with E-state index in [0.717, 1.165) is 4.88 Å². The molecule has 0 saturated heterocycles. The number of carbonyl (C=O) groups excluding carboxylic acids is 1. The Morgan fingerprint density at radius 2 is 2.22 bits per heavy atom. The second kappa shape index (κ2) is 5.54. The molecule has 94 valence electrons. The van der Waals surface area contributed by atoms with E-state index in [2.05, 4.69) is 17.9 Å². The molecule has 18 heavy (non-hydrogen) atoms. The average molecular weight is 281 g/mol. The summed E-state index contributed by atoms with van der Waals surface area (Å²) in [5.74, 6) is -0.965. The number of amides is 1. The zero-order valence-electron chi connectivity index (χ0n) is 9.68. The van der Waals surface area contributed by atoms with E-state index in [1.165, 1.54) is 18.2 Å². The van der Waals surface area contributed by atoms with Crippen LogP contribution >= 0.6 is 24.0 Å². The van der Waals surface area contributed by atoms with Gasteiger partial charge in [-0.25, -0.2) is 4.39 Å². The Morgan fingerprint density at radius 3 is 2.89 bits per heavy atom. The molecule has 0 aliphatic carbocycles. The smallest absolute Gasteiger partial charge is 0.254 e. The van der Waals surface area contributed by atoms with Crippen molar-refractivity contribution in [1.82, 2.24) is 5.32 Å². The number of thiophene rings is 1. The lowest BCUT2D eigenvalue weighted by atomic mass is 10.2. The summed E-state index contributed by atoms with van der Waals surface area (Å²) < 4.78 is 13.5. The predicted octanol–water partition coefficient (Wildman–Crippen LogP) is 3.67. The Morgan fingerprint density at radius 1 is 1.44 bits per heavy atom. The van der Waals surface area contributed by atoms with E-state index in [1.807, 2.05) is 24.4 Å². The average Bonchev–Trinajstić information content (AvgIpc) is 2.85. The van der Waals surface area contributed by atoms with Crippen LogP contribution in [0.4, 0.5) is 4.39 Å². The Hall–Kier alpha value is -1.33. The number of carbonyl (C=O) groups is 1. The molecule has 2 rings (SSSR count). The SMILES string of the molecule is CC(NC(=O)c1cc(S)ccc1F)c1cccs1. The van der Waals surface area contributed by atoms with Gasteiger partial charge >= 0.3 is 0 Å². The Labute approximate surface area is 114 Å². The molecule has 0 radical (unpaired) electrons. The number of benzene rings is 1. The first-order valence-electron chi connectivity index (χ1n) is 5.40. The summed E-state index contributed by atoms with van der Waals surface area (Å²) in [5, 5.41) is 4.70. The minimum Gasteiger partial charge on any atom is -0.345 e. The number of hydrogen-bond acceptors (Lipinski definition) is 3. The van der Waals surface area contributed by atoms with Crippen molar-refractivity contribution in [3.8, 4) is 0 Å². The van der Waals surface area contributed by atoms with Gasteiger partial charge in [-0.1, -0.05) is 6.07 Å². The topological polar surface area (TPSA) is 29.1 Å². The van der Waals surface area contributed by atoms with Crippen molar-refractivity contribution in [2.75, 3.05) is 0 Å². The monoisotopic (exact) mass is 281 g/mol. The molecular formula is C13H12FNOS2. The Balaban J connectivity index is 2.15. The van der Waals surface area contributed by atoms with Crippen LogP contribution in [0, 0.1) is 5.82 Å². The molecule has 2 aromatic rings. The molecule has 0 spiro atoms. The molecule has 1 amide bonds. The lowest BCUT2D eigenvalue weighted by Crippen LogP contribution is -2.26. The van der Waals surface area contributed by atoms with Gasteiger partial charge in [0.2, 0.25) is 0 Å². The molecule has 1 heterocycles. The number of nitrogens with one attached hydrogen (secondary N) is 1. The molecule has 2 nitrogen and oxygen atoms in total. The molecule has 1 unspecified atom stereocenters. The molecule has 0 bridgehead atoms. The first-order valence-corrected chi connectivity index (χ1v) is 6.73. The minimum absolute atomic E-state index is 0.0194. The van der Waals surface area contributed by atoms with Crippen LogP contribution < -0.4 is 5.32 Å². The van der Waals surface area contributed by atoms with Crippen LogP contribution in [0.25, 0.3) is 0 Å². The lowest BCUT2D eigenvalue weighted by molar-refractivity contribution is 0.0936. The number of halogens is 1. The fourth-order valence-corrected chi connectivity index (χ4v) is 2.51. The summed E-state index contributed by atoms with van der Waals surface area (Å²) in [6.45, 7) is 1.87. The van der Waals surface area contributed by atoms with Crippen LogP contribution in [-0.4, -0.2) is 5.91 Å². The molecule has 5 heteroatoms. The zero-order chi connectivity index (χ0) is 13.1. The summed E-state index contributed by atoms with van der Waals surface area (Å²) in [7, 11) is 0. The number of thiol groups is 1. The second-order valence-corrected chi connectivity index (χ2v) is 5.37. The van der Waals surface area contributed by atoms with Gasteiger partial charge in [-0.2, -0.15) is 0 Å². The van der Waals surface area contributed by atoms with Crippen molar-refractivity contribution in [3.05, 3.63) is 52.0 Å². The Bertz CT molecular complexity index is 554. The lowest BCUT2D eigenvalue weighted by Gasteiger charge is -2.12. The van der Waals surface area contributed by atoms with Crippen LogP contribution in [0.5, 0.6) is 0 Å². The maximum absolute atomic E-state index is 13.5. The van der Waals surface area contributed by atoms with Gasteiger partial charge in [0, 0.05) is 9.77 Å². The summed E-state index contributed by atoms with van der Waals surface area (Å²) in [4.78, 5) is 13.5. The molecule has 0 fully saturated rings. The van der Waals surface area contributed by atoms with Crippen LogP contribution in [0.1, 0.15) is 28.2 Å². The third kappa shape index (κ3) is 2.91. The molecule has 1 atom stereocenters. The molecule has 1 aromatic carbocycles. The summed E-state index contributed by atoms with van der Waals surface area (Å²) in [5.41, 5.74) is 0.0194. The van der Waals surface area contributed by atoms with Gasteiger partial charge in [-0.15, -0.1) is 24.0 Å². The molecule has 0 saturated carbocycles. The highest BCUT2D eigenvalue weighted by Gasteiger charge is 2.15. The summed E-state index contributed by atoms with van der Waals surface area (Å²) in [6, 6.07) is 7.89. The fraction of sp³-hybridized carbons (Fsp3) is 0.154. The van der Waals surface area contributed by atoms with E-state index in [0.29, 0.717) is 4.90 Å². The van der Waals surface area contributed by atoms with Crippen molar-refractivity contribution in [3.63, 3.8) is 0 Å². The van der Waals surface area contributed by atoms with Crippen molar-refractivity contribution >= 4 is 29.9 Å². The second-order valence-electron chi connectivity index (χ2n) is 3.87. The fourth-order valence-electron chi connectivity index (χ4n) is 1.57. The zero-order valence-corrected chi connectivity index (χ0v) is 11.4. The highest BCUT2D eigenvalue weighted by molar-refractivity contribution is 7.80. The van der Waals surface area contributed by atoms with E-state index in [9.17, 15) is 9.18 Å². The third-order valence-corrected chi connectivity index (χ3v) is 3.85. The summed E-state index contributed by atoms with van der Waals surface area (Å²) >= 11 is 5.65. The van der Waals surface area contributed by atoms with Crippen molar-refractivity contribution in [1.29, 1.82) is 0 Å². The van der Waals surface area contributed by atoms with Crippen LogP contribution in [0.15, 0.2) is 40.6 Å². The van der Waals surface area contributed by atoms with Gasteiger partial charge < -0.3 is 5.32 Å². The minimum atomic E-state index is -0.538. The predicted molar refractivity (Wildman–Crippen MR) is 73.9 cm³/mol. The van der Waals surface area contributed by atoms with Crippen LogP contribution in [-0.2, 0) is 0 Å². The van der Waals surface area contributed by atoms with Gasteiger partial charge in [0.15, 0.2) is 0 Å². The molecule has 0 aliphatic rings. The third-order valence-electron chi connectivity index (χ3n) is 2.51. The van der Waals surface area contributed by atoms with Gasteiger partial charge in [-0.05, 0) is 36.6 Å². The highest BCUT2D eigenvalue weighted by atomic mass is 32.1. The maximum Gasteiger partial charge on any atom is 0.254 e. The largest absolute Gasteiger partial charge is 0.345 e. The number of rotatable bonds is 3. The molecule has 1 aromatic heterocycles. The van der Waals surface area contributed by atoms with Crippen molar-refractivity contribution < 1.29 is 9.18 Å². The molecule has 0 aliphatic heterocycles. The van der Waals surface area contributed by atoms with Crippen molar-refractivity contribution in [2.45, 2.75) is 17.9 Å². The van der Waals surface area contributed by atoms with Crippen LogP contribution in [0.3, 0.4) is 0 Å². The maximum atomic E-state index is 13.5. The van der Waals surface area contributed by atoms with Crippen LogP contribution in [0.2, 0.25) is 0 Å². The molecule has 1 N–H and O–H groups in total. The van der Waals surface area contributed by atoms with E-state index in [4.69, 9.17) is 0 Å². The number of hydrogen-bond donors (Lipinski definition) is 2. The normalized spacial score (nSPS) is 12.2. The standard InChI is InChI=1S/C13H12FNOS2/c1-8(12-3-2-6-18-12)15-13(16)10-7-9(17)4-5-11(10)14/h2-8,17H,1H3,(H,15,16). The van der Waals surface area contributed by atoms with Gasteiger partial charge in [0.1, 0.15) is 5.82 Å².